The number of hydrogen-bond acceptors (Lipinski definition) is 6. The third-order valence-electron chi connectivity index (χ3n) is 4.05. The Morgan fingerprint density at radius 2 is 2.00 bits per heavy atom. The zero-order chi connectivity index (χ0) is 19.6. The van der Waals surface area contributed by atoms with E-state index in [0.717, 1.165) is 0 Å². The van der Waals surface area contributed by atoms with E-state index in [4.69, 9.17) is 21.1 Å². The highest BCUT2D eigenvalue weighted by Crippen LogP contribution is 2.35. The molecule has 2 aromatic heterocycles. The standard InChI is InChI=1S/C17H18ClN5O4/c1-22-16-10(8-20-22)17(25)23(9-19-16)5-4-15(24)21-12-6-11(18)13(26-2)7-14(12)27-3/h6-9H,4-5H2,1-3H3,(H,21,24). The molecular formula is C17H18ClN5O4. The first-order valence-electron chi connectivity index (χ1n) is 8.03. The van der Waals surface area contributed by atoms with Gasteiger partial charge in [0.2, 0.25) is 5.91 Å². The van der Waals surface area contributed by atoms with E-state index in [9.17, 15) is 9.59 Å². The molecule has 1 N–H and O–H groups in total. The molecule has 2 heterocycles. The van der Waals surface area contributed by atoms with Crippen molar-refractivity contribution in [1.82, 2.24) is 19.3 Å². The topological polar surface area (TPSA) is 100 Å². The quantitative estimate of drug-likeness (QED) is 0.688. The first-order valence-corrected chi connectivity index (χ1v) is 8.41. The minimum Gasteiger partial charge on any atom is -0.495 e. The molecular weight excluding hydrogens is 374 g/mol. The third-order valence-corrected chi connectivity index (χ3v) is 4.34. The number of anilines is 1. The summed E-state index contributed by atoms with van der Waals surface area (Å²) in [5.41, 5.74) is 0.672. The van der Waals surface area contributed by atoms with Crippen LogP contribution in [0.2, 0.25) is 5.02 Å². The fourth-order valence-corrected chi connectivity index (χ4v) is 2.86. The summed E-state index contributed by atoms with van der Waals surface area (Å²) in [7, 11) is 4.68. The number of fused-ring (bicyclic) bond motifs is 1. The molecule has 27 heavy (non-hydrogen) atoms. The molecule has 1 amide bonds. The fourth-order valence-electron chi connectivity index (χ4n) is 2.62. The molecule has 0 aliphatic rings. The maximum absolute atomic E-state index is 12.4. The highest BCUT2D eigenvalue weighted by molar-refractivity contribution is 6.32. The molecule has 0 unspecified atom stereocenters. The van der Waals surface area contributed by atoms with E-state index < -0.39 is 0 Å². The van der Waals surface area contributed by atoms with Crippen LogP contribution in [0.15, 0.2) is 29.5 Å². The Balaban J connectivity index is 1.73. The second-order valence-corrected chi connectivity index (χ2v) is 6.14. The van der Waals surface area contributed by atoms with E-state index in [1.807, 2.05) is 0 Å². The summed E-state index contributed by atoms with van der Waals surface area (Å²) >= 11 is 6.10. The number of hydrogen-bond donors (Lipinski definition) is 1. The van der Waals surface area contributed by atoms with Gasteiger partial charge in [-0.05, 0) is 6.07 Å². The number of amides is 1. The number of ether oxygens (including phenoxy) is 2. The van der Waals surface area contributed by atoms with E-state index in [1.165, 1.54) is 36.0 Å². The van der Waals surface area contributed by atoms with Crippen molar-refractivity contribution in [2.24, 2.45) is 7.05 Å². The third kappa shape index (κ3) is 3.72. The number of nitrogens with one attached hydrogen (secondary N) is 1. The zero-order valence-corrected chi connectivity index (χ0v) is 15.8. The van der Waals surface area contributed by atoms with Gasteiger partial charge in [-0.2, -0.15) is 5.10 Å². The largest absolute Gasteiger partial charge is 0.495 e. The van der Waals surface area contributed by atoms with E-state index in [1.54, 1.807) is 19.2 Å². The Kier molecular flexibility index (Phi) is 5.31. The van der Waals surface area contributed by atoms with Crippen LogP contribution in [-0.4, -0.2) is 39.5 Å². The van der Waals surface area contributed by atoms with Crippen LogP contribution < -0.4 is 20.3 Å². The predicted molar refractivity (Wildman–Crippen MR) is 101 cm³/mol. The molecule has 9 nitrogen and oxygen atoms in total. The SMILES string of the molecule is COc1cc(OC)c(NC(=O)CCn2cnc3c(cnn3C)c2=O)cc1Cl. The minimum absolute atomic E-state index is 0.0696. The lowest BCUT2D eigenvalue weighted by Gasteiger charge is -2.13. The molecule has 0 saturated carbocycles. The summed E-state index contributed by atoms with van der Waals surface area (Å²) in [6.45, 7) is 0.175. The Morgan fingerprint density at radius 1 is 1.26 bits per heavy atom. The normalized spacial score (nSPS) is 10.8. The van der Waals surface area contributed by atoms with Gasteiger partial charge in [0.25, 0.3) is 5.56 Å². The molecule has 0 aliphatic heterocycles. The number of aryl methyl sites for hydroxylation is 2. The molecule has 3 rings (SSSR count). The summed E-state index contributed by atoms with van der Waals surface area (Å²) in [5.74, 6) is 0.557. The van der Waals surface area contributed by atoms with Crippen molar-refractivity contribution in [2.45, 2.75) is 13.0 Å². The van der Waals surface area contributed by atoms with Crippen molar-refractivity contribution >= 4 is 34.2 Å². The molecule has 10 heteroatoms. The predicted octanol–water partition coefficient (Wildman–Crippen LogP) is 1.83. The smallest absolute Gasteiger partial charge is 0.264 e. The number of nitrogens with zero attached hydrogens (tertiary/aromatic N) is 4. The number of carbonyl (C=O) groups is 1. The van der Waals surface area contributed by atoms with Gasteiger partial charge in [-0.3, -0.25) is 18.8 Å². The van der Waals surface area contributed by atoms with E-state index in [0.29, 0.717) is 33.2 Å². The first-order chi connectivity index (χ1) is 12.9. The lowest BCUT2D eigenvalue weighted by molar-refractivity contribution is -0.116. The Morgan fingerprint density at radius 3 is 2.70 bits per heavy atom. The number of carbonyl (C=O) groups excluding carboxylic acids is 1. The van der Waals surface area contributed by atoms with Crippen molar-refractivity contribution in [3.8, 4) is 11.5 Å². The maximum atomic E-state index is 12.4. The summed E-state index contributed by atoms with van der Waals surface area (Å²) < 4.78 is 13.3. The van der Waals surface area contributed by atoms with Gasteiger partial charge in [0.05, 0.1) is 37.5 Å². The van der Waals surface area contributed by atoms with Gasteiger partial charge in [-0.1, -0.05) is 11.6 Å². The van der Waals surface area contributed by atoms with Crippen LogP contribution in [0.1, 0.15) is 6.42 Å². The van der Waals surface area contributed by atoms with Crippen molar-refractivity contribution in [3.05, 3.63) is 40.0 Å². The number of rotatable bonds is 6. The van der Waals surface area contributed by atoms with Gasteiger partial charge in [0.15, 0.2) is 5.65 Å². The van der Waals surface area contributed by atoms with Gasteiger partial charge in [-0.25, -0.2) is 4.98 Å². The first kappa shape index (κ1) is 18.7. The molecule has 0 bridgehead atoms. The summed E-state index contributed by atoms with van der Waals surface area (Å²) in [4.78, 5) is 28.9. The molecule has 3 aromatic rings. The molecule has 0 atom stereocenters. The van der Waals surface area contributed by atoms with Crippen molar-refractivity contribution in [3.63, 3.8) is 0 Å². The van der Waals surface area contributed by atoms with Gasteiger partial charge in [0, 0.05) is 26.1 Å². The number of methoxy groups -OCH3 is 2. The average Bonchev–Trinajstić information content (AvgIpc) is 3.03. The average molecular weight is 392 g/mol. The Hall–Kier alpha value is -3.07. The van der Waals surface area contributed by atoms with Crippen LogP contribution in [0.25, 0.3) is 11.0 Å². The fraction of sp³-hybridized carbons (Fsp3) is 0.294. The highest BCUT2D eigenvalue weighted by Gasteiger charge is 2.14. The van der Waals surface area contributed by atoms with E-state index in [2.05, 4.69) is 15.4 Å². The Bertz CT molecular complexity index is 1060. The second-order valence-electron chi connectivity index (χ2n) is 5.73. The molecule has 0 aliphatic carbocycles. The second kappa shape index (κ2) is 7.67. The maximum Gasteiger partial charge on any atom is 0.264 e. The lowest BCUT2D eigenvalue weighted by Crippen LogP contribution is -2.23. The van der Waals surface area contributed by atoms with Gasteiger partial charge >= 0.3 is 0 Å². The van der Waals surface area contributed by atoms with Gasteiger partial charge in [0.1, 0.15) is 16.9 Å². The van der Waals surface area contributed by atoms with Crippen LogP contribution in [0.4, 0.5) is 5.69 Å². The van der Waals surface area contributed by atoms with E-state index >= 15 is 0 Å². The summed E-state index contributed by atoms with van der Waals surface area (Å²) in [5, 5.41) is 7.49. The molecule has 142 valence electrons. The number of benzene rings is 1. The monoisotopic (exact) mass is 391 g/mol. The highest BCUT2D eigenvalue weighted by atomic mass is 35.5. The lowest BCUT2D eigenvalue weighted by atomic mass is 10.2. The van der Waals surface area contributed by atoms with Crippen LogP contribution in [0.3, 0.4) is 0 Å². The van der Waals surface area contributed by atoms with Gasteiger partial charge in [-0.15, -0.1) is 0 Å². The zero-order valence-electron chi connectivity index (χ0n) is 15.0. The van der Waals surface area contributed by atoms with Gasteiger partial charge < -0.3 is 14.8 Å². The number of aromatic nitrogens is 4. The molecule has 1 aromatic carbocycles. The van der Waals surface area contributed by atoms with Crippen molar-refractivity contribution < 1.29 is 14.3 Å². The van der Waals surface area contributed by atoms with Crippen LogP contribution in [-0.2, 0) is 18.4 Å². The van der Waals surface area contributed by atoms with Crippen molar-refractivity contribution in [2.75, 3.05) is 19.5 Å². The van der Waals surface area contributed by atoms with Crippen LogP contribution in [0, 0.1) is 0 Å². The van der Waals surface area contributed by atoms with Crippen molar-refractivity contribution in [1.29, 1.82) is 0 Å². The van der Waals surface area contributed by atoms with E-state index in [-0.39, 0.29) is 24.4 Å². The Labute approximate surface area is 159 Å². The molecule has 0 spiro atoms. The van der Waals surface area contributed by atoms with Crippen LogP contribution in [0.5, 0.6) is 11.5 Å². The van der Waals surface area contributed by atoms with Crippen LogP contribution >= 0.6 is 11.6 Å². The molecule has 0 fully saturated rings. The summed E-state index contributed by atoms with van der Waals surface area (Å²) in [6, 6.07) is 3.13. The molecule has 0 saturated heterocycles. The molecule has 0 radical (unpaired) electrons. The minimum atomic E-state index is -0.298. The number of halogens is 1. The summed E-state index contributed by atoms with van der Waals surface area (Å²) in [6.07, 6.45) is 2.94.